The lowest BCUT2D eigenvalue weighted by atomic mass is 9.91. The maximum atomic E-state index is 11.9. The Morgan fingerprint density at radius 2 is 1.95 bits per heavy atom. The first kappa shape index (κ1) is 20.5. The molecule has 22 heavy (non-hydrogen) atoms. The number of urea groups is 1. The second-order valence-corrected chi connectivity index (χ2v) is 5.86. The van der Waals surface area contributed by atoms with E-state index < -0.39 is 12.0 Å². The van der Waals surface area contributed by atoms with Gasteiger partial charge in [0.2, 0.25) is 5.91 Å². The Hall–Kier alpha value is -1.54. The number of nitrogens with one attached hydrogen (secondary N) is 1. The molecule has 0 aromatic heterocycles. The van der Waals surface area contributed by atoms with Crippen LogP contribution in [0.4, 0.5) is 4.79 Å². The molecule has 1 rings (SSSR count). The summed E-state index contributed by atoms with van der Waals surface area (Å²) in [5, 5.41) is 11.7. The molecule has 128 valence electrons. The van der Waals surface area contributed by atoms with Gasteiger partial charge in [-0.05, 0) is 11.8 Å². The van der Waals surface area contributed by atoms with Crippen LogP contribution in [0.15, 0.2) is 0 Å². The number of aliphatic carboxylic acids is 1. The van der Waals surface area contributed by atoms with E-state index in [4.69, 9.17) is 10.8 Å². The van der Waals surface area contributed by atoms with E-state index in [-0.39, 0.29) is 43.4 Å². The molecule has 0 spiro atoms. The average molecular weight is 337 g/mol. The molecule has 0 saturated carbocycles. The number of carbonyl (C=O) groups excluding carboxylic acids is 2. The maximum Gasteiger partial charge on any atom is 0.317 e. The van der Waals surface area contributed by atoms with Crippen molar-refractivity contribution >= 4 is 30.3 Å². The lowest BCUT2D eigenvalue weighted by Gasteiger charge is -2.24. The van der Waals surface area contributed by atoms with Gasteiger partial charge in [0.05, 0.1) is 6.54 Å². The summed E-state index contributed by atoms with van der Waals surface area (Å²) in [6, 6.07) is -0.775. The SMILES string of the molecule is CC(C)[C@H]1CN(CC(=O)O)C[C@@H]1NC(=O)CN(C)C(N)=O.Cl. The van der Waals surface area contributed by atoms with Gasteiger partial charge in [0, 0.05) is 26.2 Å². The van der Waals surface area contributed by atoms with Crippen molar-refractivity contribution in [1.82, 2.24) is 15.1 Å². The van der Waals surface area contributed by atoms with Crippen LogP contribution in [0.1, 0.15) is 13.8 Å². The van der Waals surface area contributed by atoms with E-state index in [1.807, 2.05) is 18.7 Å². The Morgan fingerprint density at radius 1 is 1.36 bits per heavy atom. The molecule has 0 bridgehead atoms. The van der Waals surface area contributed by atoms with Gasteiger partial charge in [0.15, 0.2) is 0 Å². The molecule has 0 aliphatic carbocycles. The quantitative estimate of drug-likeness (QED) is 0.609. The number of primary amides is 1. The Labute approximate surface area is 136 Å². The summed E-state index contributed by atoms with van der Waals surface area (Å²) in [6.45, 7) is 5.10. The number of likely N-dealkylation sites (N-methyl/N-ethyl adjacent to an activating group) is 1. The summed E-state index contributed by atoms with van der Waals surface area (Å²) < 4.78 is 0. The molecule has 1 fully saturated rings. The first-order chi connectivity index (χ1) is 9.70. The minimum absolute atomic E-state index is 0. The average Bonchev–Trinajstić information content (AvgIpc) is 2.70. The van der Waals surface area contributed by atoms with Gasteiger partial charge in [-0.3, -0.25) is 14.5 Å². The second kappa shape index (κ2) is 8.79. The summed E-state index contributed by atoms with van der Waals surface area (Å²) in [5.74, 6) is -0.655. The zero-order chi connectivity index (χ0) is 16.2. The van der Waals surface area contributed by atoms with Crippen molar-refractivity contribution < 1.29 is 19.5 Å². The highest BCUT2D eigenvalue weighted by Crippen LogP contribution is 2.24. The smallest absolute Gasteiger partial charge is 0.317 e. The Morgan fingerprint density at radius 3 is 2.41 bits per heavy atom. The molecule has 2 atom stereocenters. The van der Waals surface area contributed by atoms with Crippen molar-refractivity contribution in [3.05, 3.63) is 0 Å². The third-order valence-corrected chi connectivity index (χ3v) is 3.76. The number of nitrogens with two attached hydrogens (primary N) is 1. The van der Waals surface area contributed by atoms with Crippen LogP contribution in [0.3, 0.4) is 0 Å². The summed E-state index contributed by atoms with van der Waals surface area (Å²) in [6.07, 6.45) is 0. The molecule has 0 radical (unpaired) electrons. The predicted molar refractivity (Wildman–Crippen MR) is 83.8 cm³/mol. The number of halogens is 1. The number of likely N-dealkylation sites (tertiary alicyclic amines) is 1. The number of hydrogen-bond acceptors (Lipinski definition) is 4. The van der Waals surface area contributed by atoms with Gasteiger partial charge in [-0.25, -0.2) is 4.79 Å². The standard InChI is InChI=1S/C13H24N4O4.ClH/c1-8(2)9-4-17(7-12(19)20)5-10(9)15-11(18)6-16(3)13(14)21;/h8-10H,4-7H2,1-3H3,(H2,14,21)(H,15,18)(H,19,20);1H/t9-,10+;/m1./s1. The molecule has 8 nitrogen and oxygen atoms in total. The van der Waals surface area contributed by atoms with Crippen LogP contribution in [-0.2, 0) is 9.59 Å². The first-order valence-electron chi connectivity index (χ1n) is 6.94. The summed E-state index contributed by atoms with van der Waals surface area (Å²) in [4.78, 5) is 36.6. The van der Waals surface area contributed by atoms with E-state index in [1.165, 1.54) is 7.05 Å². The zero-order valence-electron chi connectivity index (χ0n) is 13.1. The predicted octanol–water partition coefficient (Wildman–Crippen LogP) is -0.424. The fourth-order valence-corrected chi connectivity index (χ4v) is 2.61. The topological polar surface area (TPSA) is 116 Å². The monoisotopic (exact) mass is 336 g/mol. The fourth-order valence-electron chi connectivity index (χ4n) is 2.61. The first-order valence-corrected chi connectivity index (χ1v) is 6.94. The van der Waals surface area contributed by atoms with Crippen LogP contribution < -0.4 is 11.1 Å². The molecule has 1 heterocycles. The van der Waals surface area contributed by atoms with E-state index in [0.717, 1.165) is 4.90 Å². The molecule has 3 amide bonds. The Bertz CT molecular complexity index is 419. The van der Waals surface area contributed by atoms with E-state index in [2.05, 4.69) is 5.32 Å². The highest BCUT2D eigenvalue weighted by molar-refractivity contribution is 5.85. The van der Waals surface area contributed by atoms with Gasteiger partial charge in [0.1, 0.15) is 6.54 Å². The van der Waals surface area contributed by atoms with Crippen molar-refractivity contribution in [2.45, 2.75) is 19.9 Å². The van der Waals surface area contributed by atoms with Gasteiger partial charge in [-0.15, -0.1) is 12.4 Å². The number of nitrogens with zero attached hydrogens (tertiary/aromatic N) is 2. The molecule has 1 aliphatic rings. The summed E-state index contributed by atoms with van der Waals surface area (Å²) >= 11 is 0. The second-order valence-electron chi connectivity index (χ2n) is 5.86. The molecular weight excluding hydrogens is 312 g/mol. The third-order valence-electron chi connectivity index (χ3n) is 3.76. The van der Waals surface area contributed by atoms with Crippen LogP contribution in [0.2, 0.25) is 0 Å². The van der Waals surface area contributed by atoms with Crippen LogP contribution in [0.5, 0.6) is 0 Å². The van der Waals surface area contributed by atoms with E-state index >= 15 is 0 Å². The van der Waals surface area contributed by atoms with Gasteiger partial charge >= 0.3 is 12.0 Å². The zero-order valence-corrected chi connectivity index (χ0v) is 13.9. The van der Waals surface area contributed by atoms with Gasteiger partial charge in [-0.2, -0.15) is 0 Å². The van der Waals surface area contributed by atoms with Gasteiger partial charge < -0.3 is 21.1 Å². The summed E-state index contributed by atoms with van der Waals surface area (Å²) in [7, 11) is 1.45. The fraction of sp³-hybridized carbons (Fsp3) is 0.769. The molecule has 1 saturated heterocycles. The van der Waals surface area contributed by atoms with Crippen LogP contribution >= 0.6 is 12.4 Å². The van der Waals surface area contributed by atoms with E-state index in [1.54, 1.807) is 0 Å². The van der Waals surface area contributed by atoms with Crippen molar-refractivity contribution in [3.8, 4) is 0 Å². The highest BCUT2D eigenvalue weighted by Gasteiger charge is 2.36. The highest BCUT2D eigenvalue weighted by atomic mass is 35.5. The molecule has 0 aromatic rings. The van der Waals surface area contributed by atoms with Gasteiger partial charge in [0.25, 0.3) is 0 Å². The van der Waals surface area contributed by atoms with E-state index in [9.17, 15) is 14.4 Å². The van der Waals surface area contributed by atoms with Crippen molar-refractivity contribution in [3.63, 3.8) is 0 Å². The number of rotatable bonds is 6. The minimum Gasteiger partial charge on any atom is -0.480 e. The Kier molecular flexibility index (Phi) is 8.18. The molecule has 0 unspecified atom stereocenters. The molecule has 4 N–H and O–H groups in total. The lowest BCUT2D eigenvalue weighted by molar-refractivity contribution is -0.138. The van der Waals surface area contributed by atoms with Crippen LogP contribution in [-0.4, -0.2) is 72.1 Å². The van der Waals surface area contributed by atoms with Crippen molar-refractivity contribution in [2.24, 2.45) is 17.6 Å². The van der Waals surface area contributed by atoms with Crippen molar-refractivity contribution in [1.29, 1.82) is 0 Å². The Balaban J connectivity index is 0.00000441. The molecule has 1 aliphatic heterocycles. The lowest BCUT2D eigenvalue weighted by Crippen LogP contribution is -2.47. The van der Waals surface area contributed by atoms with E-state index in [0.29, 0.717) is 19.0 Å². The van der Waals surface area contributed by atoms with Crippen molar-refractivity contribution in [2.75, 3.05) is 33.2 Å². The molecular formula is C13H25ClN4O4. The number of carboxylic acids is 1. The number of carboxylic acid groups (broad SMARTS) is 1. The third kappa shape index (κ3) is 6.07. The van der Waals surface area contributed by atoms with Crippen LogP contribution in [0, 0.1) is 11.8 Å². The maximum absolute atomic E-state index is 11.9. The molecule has 9 heteroatoms. The normalized spacial score (nSPS) is 21.3. The number of carbonyl (C=O) groups is 3. The minimum atomic E-state index is -0.877. The number of amides is 3. The largest absolute Gasteiger partial charge is 0.480 e. The molecule has 0 aromatic carbocycles. The van der Waals surface area contributed by atoms with Gasteiger partial charge in [-0.1, -0.05) is 13.8 Å². The number of hydrogen-bond donors (Lipinski definition) is 3. The van der Waals surface area contributed by atoms with Crippen LogP contribution in [0.25, 0.3) is 0 Å². The summed E-state index contributed by atoms with van der Waals surface area (Å²) in [5.41, 5.74) is 5.08.